The Bertz CT molecular complexity index is 452. The lowest BCUT2D eigenvalue weighted by Crippen LogP contribution is -2.38. The number of hydrogen-bond acceptors (Lipinski definition) is 3. The topological polar surface area (TPSA) is 40.5 Å². The van der Waals surface area contributed by atoms with Crippen molar-refractivity contribution in [2.24, 2.45) is 5.92 Å². The predicted octanol–water partition coefficient (Wildman–Crippen LogP) is 3.19. The van der Waals surface area contributed by atoms with Crippen molar-refractivity contribution < 1.29 is 9.90 Å². The van der Waals surface area contributed by atoms with E-state index in [0.29, 0.717) is 11.8 Å². The molecule has 0 aromatic heterocycles. The summed E-state index contributed by atoms with van der Waals surface area (Å²) in [5.41, 5.74) is 1.32. The standard InChI is InChI=1S/C15H20ClNO2S/c1-17-7-6-14(11-2-4-13(16)5-3-11)12(8-17)9-20-10-15(18)19/h2-5,12,14H,6-10H2,1H3,(H,18,19)/t12-,14-/m1/s1. The van der Waals surface area contributed by atoms with Crippen molar-refractivity contribution in [3.63, 3.8) is 0 Å². The van der Waals surface area contributed by atoms with E-state index >= 15 is 0 Å². The van der Waals surface area contributed by atoms with Gasteiger partial charge in [-0.2, -0.15) is 0 Å². The van der Waals surface area contributed by atoms with Crippen LogP contribution in [-0.4, -0.2) is 47.6 Å². The van der Waals surface area contributed by atoms with Crippen LogP contribution >= 0.6 is 23.4 Å². The van der Waals surface area contributed by atoms with Crippen LogP contribution in [0.1, 0.15) is 17.9 Å². The highest BCUT2D eigenvalue weighted by Crippen LogP contribution is 2.35. The Kier molecular flexibility index (Phi) is 5.75. The molecule has 110 valence electrons. The lowest BCUT2D eigenvalue weighted by Gasteiger charge is -2.37. The summed E-state index contributed by atoms with van der Waals surface area (Å²) < 4.78 is 0. The van der Waals surface area contributed by atoms with Crippen molar-refractivity contribution in [3.05, 3.63) is 34.9 Å². The Labute approximate surface area is 129 Å². The lowest BCUT2D eigenvalue weighted by atomic mass is 9.81. The summed E-state index contributed by atoms with van der Waals surface area (Å²) in [4.78, 5) is 13.0. The maximum Gasteiger partial charge on any atom is 0.313 e. The summed E-state index contributed by atoms with van der Waals surface area (Å²) in [5.74, 6) is 1.35. The van der Waals surface area contributed by atoms with Gasteiger partial charge in [-0.3, -0.25) is 4.79 Å². The maximum absolute atomic E-state index is 10.6. The quantitative estimate of drug-likeness (QED) is 0.906. The van der Waals surface area contributed by atoms with Crippen LogP contribution < -0.4 is 0 Å². The van der Waals surface area contributed by atoms with Crippen LogP contribution in [0.3, 0.4) is 0 Å². The Morgan fingerprint density at radius 1 is 1.45 bits per heavy atom. The van der Waals surface area contributed by atoms with Crippen LogP contribution in [0, 0.1) is 5.92 Å². The number of carboxylic acids is 1. The number of carboxylic acid groups (broad SMARTS) is 1. The van der Waals surface area contributed by atoms with E-state index in [1.807, 2.05) is 12.1 Å². The number of thioether (sulfide) groups is 1. The first-order chi connectivity index (χ1) is 9.56. The zero-order chi connectivity index (χ0) is 14.5. The Balaban J connectivity index is 2.03. The third kappa shape index (κ3) is 4.40. The molecule has 1 N–H and O–H groups in total. The van der Waals surface area contributed by atoms with E-state index in [4.69, 9.17) is 16.7 Å². The number of nitrogens with zero attached hydrogens (tertiary/aromatic N) is 1. The van der Waals surface area contributed by atoms with Crippen molar-refractivity contribution in [2.45, 2.75) is 12.3 Å². The molecular formula is C15H20ClNO2S. The summed E-state index contributed by atoms with van der Waals surface area (Å²) >= 11 is 7.47. The van der Waals surface area contributed by atoms with Gasteiger partial charge in [0.2, 0.25) is 0 Å². The molecule has 1 aromatic carbocycles. The molecule has 2 rings (SSSR count). The minimum atomic E-state index is -0.734. The summed E-state index contributed by atoms with van der Waals surface area (Å²) in [7, 11) is 2.13. The number of rotatable bonds is 5. The van der Waals surface area contributed by atoms with Gasteiger partial charge in [-0.25, -0.2) is 0 Å². The molecule has 0 amide bonds. The number of aliphatic carboxylic acids is 1. The second kappa shape index (κ2) is 7.34. The van der Waals surface area contributed by atoms with Gasteiger partial charge >= 0.3 is 5.97 Å². The molecule has 0 saturated carbocycles. The summed E-state index contributed by atoms with van der Waals surface area (Å²) in [6.07, 6.45) is 1.12. The van der Waals surface area contributed by atoms with E-state index in [1.54, 1.807) is 0 Å². The van der Waals surface area contributed by atoms with Crippen molar-refractivity contribution in [2.75, 3.05) is 31.6 Å². The van der Waals surface area contributed by atoms with Gasteiger partial charge in [-0.15, -0.1) is 11.8 Å². The van der Waals surface area contributed by atoms with Crippen LogP contribution in [0.15, 0.2) is 24.3 Å². The summed E-state index contributed by atoms with van der Waals surface area (Å²) in [5, 5.41) is 9.52. The third-order valence-corrected chi connectivity index (χ3v) is 5.16. The number of halogens is 1. The monoisotopic (exact) mass is 313 g/mol. The van der Waals surface area contributed by atoms with Crippen molar-refractivity contribution >= 4 is 29.3 Å². The van der Waals surface area contributed by atoms with Crippen molar-refractivity contribution in [1.29, 1.82) is 0 Å². The average molecular weight is 314 g/mol. The highest BCUT2D eigenvalue weighted by Gasteiger charge is 2.28. The first-order valence-electron chi connectivity index (χ1n) is 6.80. The average Bonchev–Trinajstić information content (AvgIpc) is 2.40. The normalized spacial score (nSPS) is 23.7. The molecule has 0 unspecified atom stereocenters. The van der Waals surface area contributed by atoms with Crippen molar-refractivity contribution in [3.8, 4) is 0 Å². The highest BCUT2D eigenvalue weighted by atomic mass is 35.5. The van der Waals surface area contributed by atoms with Crippen molar-refractivity contribution in [1.82, 2.24) is 4.90 Å². The van der Waals surface area contributed by atoms with E-state index in [1.165, 1.54) is 17.3 Å². The molecule has 1 fully saturated rings. The first-order valence-corrected chi connectivity index (χ1v) is 8.33. The van der Waals surface area contributed by atoms with E-state index in [-0.39, 0.29) is 5.75 Å². The molecule has 3 nitrogen and oxygen atoms in total. The van der Waals surface area contributed by atoms with Gasteiger partial charge in [0.05, 0.1) is 5.75 Å². The fraction of sp³-hybridized carbons (Fsp3) is 0.533. The van der Waals surface area contributed by atoms with Crippen LogP contribution in [0.4, 0.5) is 0 Å². The largest absolute Gasteiger partial charge is 0.481 e. The fourth-order valence-corrected chi connectivity index (χ4v) is 3.89. The molecular weight excluding hydrogens is 294 g/mol. The highest BCUT2D eigenvalue weighted by molar-refractivity contribution is 7.99. The minimum Gasteiger partial charge on any atom is -0.481 e. The lowest BCUT2D eigenvalue weighted by molar-refractivity contribution is -0.133. The van der Waals surface area contributed by atoms with Gasteiger partial charge in [0.15, 0.2) is 0 Å². The second-order valence-corrected chi connectivity index (χ2v) is 6.84. The SMILES string of the molecule is CN1CC[C@H](c2ccc(Cl)cc2)[C@@H](CSCC(=O)O)C1. The molecule has 0 spiro atoms. The van der Waals surface area contributed by atoms with Gasteiger partial charge in [0.25, 0.3) is 0 Å². The number of piperidine rings is 1. The Hall–Kier alpha value is -0.710. The number of hydrogen-bond donors (Lipinski definition) is 1. The number of benzene rings is 1. The van der Waals surface area contributed by atoms with Gasteiger partial charge in [0.1, 0.15) is 0 Å². The third-order valence-electron chi connectivity index (χ3n) is 3.79. The molecule has 1 saturated heterocycles. The Morgan fingerprint density at radius 2 is 2.15 bits per heavy atom. The van der Waals surface area contributed by atoms with Crippen LogP contribution in [0.5, 0.6) is 0 Å². The summed E-state index contributed by atoms with van der Waals surface area (Å²) in [6.45, 7) is 2.12. The molecule has 0 radical (unpaired) electrons. The van der Waals surface area contributed by atoms with E-state index in [0.717, 1.165) is 30.3 Å². The predicted molar refractivity (Wildman–Crippen MR) is 84.8 cm³/mol. The summed E-state index contributed by atoms with van der Waals surface area (Å²) in [6, 6.07) is 8.09. The van der Waals surface area contributed by atoms with E-state index < -0.39 is 5.97 Å². The molecule has 2 atom stereocenters. The zero-order valence-corrected chi connectivity index (χ0v) is 13.2. The molecule has 5 heteroatoms. The van der Waals surface area contributed by atoms with Crippen LogP contribution in [-0.2, 0) is 4.79 Å². The molecule has 0 aliphatic carbocycles. The second-order valence-electron chi connectivity index (χ2n) is 5.38. The fourth-order valence-electron chi connectivity index (χ4n) is 2.83. The molecule has 1 aliphatic rings. The molecule has 1 aromatic rings. The van der Waals surface area contributed by atoms with Gasteiger partial charge in [0, 0.05) is 11.6 Å². The van der Waals surface area contributed by atoms with Gasteiger partial charge < -0.3 is 10.0 Å². The van der Waals surface area contributed by atoms with Crippen LogP contribution in [0.25, 0.3) is 0 Å². The number of likely N-dealkylation sites (tertiary alicyclic amines) is 1. The Morgan fingerprint density at radius 3 is 2.80 bits per heavy atom. The maximum atomic E-state index is 10.6. The first kappa shape index (κ1) is 15.7. The minimum absolute atomic E-state index is 0.188. The molecule has 0 bridgehead atoms. The number of carbonyl (C=O) groups is 1. The molecule has 1 heterocycles. The molecule has 1 aliphatic heterocycles. The zero-order valence-electron chi connectivity index (χ0n) is 11.6. The van der Waals surface area contributed by atoms with Crippen LogP contribution in [0.2, 0.25) is 5.02 Å². The molecule has 20 heavy (non-hydrogen) atoms. The van der Waals surface area contributed by atoms with Gasteiger partial charge in [-0.05, 0) is 55.3 Å². The smallest absolute Gasteiger partial charge is 0.313 e. The van der Waals surface area contributed by atoms with Gasteiger partial charge in [-0.1, -0.05) is 23.7 Å². The van der Waals surface area contributed by atoms with E-state index in [2.05, 4.69) is 24.1 Å². The van der Waals surface area contributed by atoms with E-state index in [9.17, 15) is 4.79 Å².